The first-order chi connectivity index (χ1) is 9.09. The maximum Gasteiger partial charge on any atom is 0.119 e. The van der Waals surface area contributed by atoms with E-state index < -0.39 is 0 Å². The van der Waals surface area contributed by atoms with Crippen LogP contribution in [0.2, 0.25) is 0 Å². The van der Waals surface area contributed by atoms with E-state index in [1.165, 1.54) is 6.42 Å². The van der Waals surface area contributed by atoms with Crippen molar-refractivity contribution in [3.05, 3.63) is 29.8 Å². The van der Waals surface area contributed by atoms with Crippen molar-refractivity contribution in [1.29, 1.82) is 5.26 Å². The molecule has 0 aliphatic heterocycles. The van der Waals surface area contributed by atoms with E-state index in [0.717, 1.165) is 36.7 Å². The zero-order valence-electron chi connectivity index (χ0n) is 12.1. The summed E-state index contributed by atoms with van der Waals surface area (Å²) >= 11 is 0. The van der Waals surface area contributed by atoms with E-state index in [0.29, 0.717) is 5.92 Å². The van der Waals surface area contributed by atoms with Gasteiger partial charge in [0.15, 0.2) is 0 Å². The summed E-state index contributed by atoms with van der Waals surface area (Å²) < 4.78 is 5.68. The molecule has 0 atom stereocenters. The summed E-state index contributed by atoms with van der Waals surface area (Å²) in [5, 5.41) is 9.47. The highest BCUT2D eigenvalue weighted by Crippen LogP contribution is 2.48. The molecule has 2 heteroatoms. The first kappa shape index (κ1) is 13.9. The lowest BCUT2D eigenvalue weighted by Crippen LogP contribution is -2.39. The molecule has 0 N–H and O–H groups in total. The molecule has 0 radical (unpaired) electrons. The monoisotopic (exact) mass is 257 g/mol. The standard InChI is InChI=1S/C17H23NO/c1-4-14-9-17(10-14,12-18)15-5-7-16(8-6-15)19-11-13(2)3/h5-8,13-14H,4,9-11H2,1-3H3. The molecule has 0 saturated heterocycles. The molecule has 0 aromatic heterocycles. The van der Waals surface area contributed by atoms with Crippen LogP contribution in [0.4, 0.5) is 0 Å². The van der Waals surface area contributed by atoms with Gasteiger partial charge in [0.05, 0.1) is 18.1 Å². The predicted octanol–water partition coefficient (Wildman–Crippen LogP) is 4.30. The van der Waals surface area contributed by atoms with E-state index in [1.807, 2.05) is 12.1 Å². The molecule has 19 heavy (non-hydrogen) atoms. The van der Waals surface area contributed by atoms with Crippen LogP contribution in [-0.2, 0) is 5.41 Å². The van der Waals surface area contributed by atoms with Crippen LogP contribution >= 0.6 is 0 Å². The Balaban J connectivity index is 2.04. The highest BCUT2D eigenvalue weighted by atomic mass is 16.5. The molecular formula is C17H23NO. The fourth-order valence-electron chi connectivity index (χ4n) is 2.74. The summed E-state index contributed by atoms with van der Waals surface area (Å²) in [7, 11) is 0. The van der Waals surface area contributed by atoms with Gasteiger partial charge in [0.25, 0.3) is 0 Å². The first-order valence-corrected chi connectivity index (χ1v) is 7.24. The third kappa shape index (κ3) is 2.92. The number of rotatable bonds is 5. The van der Waals surface area contributed by atoms with Crippen LogP contribution in [-0.4, -0.2) is 6.61 Å². The highest BCUT2D eigenvalue weighted by Gasteiger charge is 2.44. The Kier molecular flexibility index (Phi) is 4.14. The van der Waals surface area contributed by atoms with Crippen molar-refractivity contribution in [3.8, 4) is 11.8 Å². The second kappa shape index (κ2) is 5.65. The number of ether oxygens (including phenoxy) is 1. The van der Waals surface area contributed by atoms with Gasteiger partial charge in [-0.25, -0.2) is 0 Å². The van der Waals surface area contributed by atoms with Crippen LogP contribution in [0.25, 0.3) is 0 Å². The minimum absolute atomic E-state index is 0.239. The molecule has 1 aliphatic carbocycles. The molecule has 0 spiro atoms. The van der Waals surface area contributed by atoms with Gasteiger partial charge in [-0.1, -0.05) is 39.3 Å². The van der Waals surface area contributed by atoms with Crippen LogP contribution < -0.4 is 4.74 Å². The van der Waals surface area contributed by atoms with E-state index >= 15 is 0 Å². The Morgan fingerprint density at radius 1 is 1.32 bits per heavy atom. The van der Waals surface area contributed by atoms with Gasteiger partial charge >= 0.3 is 0 Å². The number of nitriles is 1. The predicted molar refractivity (Wildman–Crippen MR) is 77.1 cm³/mol. The summed E-state index contributed by atoms with van der Waals surface area (Å²) in [5.41, 5.74) is 0.911. The van der Waals surface area contributed by atoms with Crippen molar-refractivity contribution < 1.29 is 4.74 Å². The van der Waals surface area contributed by atoms with Gasteiger partial charge in [0, 0.05) is 0 Å². The molecule has 1 aromatic carbocycles. The van der Waals surface area contributed by atoms with Gasteiger partial charge in [-0.05, 0) is 42.4 Å². The zero-order chi connectivity index (χ0) is 13.9. The van der Waals surface area contributed by atoms with E-state index in [-0.39, 0.29) is 5.41 Å². The third-order valence-electron chi connectivity index (χ3n) is 4.06. The topological polar surface area (TPSA) is 33.0 Å². The van der Waals surface area contributed by atoms with Crippen molar-refractivity contribution in [1.82, 2.24) is 0 Å². The quantitative estimate of drug-likeness (QED) is 0.787. The fourth-order valence-corrected chi connectivity index (χ4v) is 2.74. The largest absolute Gasteiger partial charge is 0.493 e. The SMILES string of the molecule is CCC1CC(C#N)(c2ccc(OCC(C)C)cc2)C1. The maximum atomic E-state index is 9.47. The Bertz CT molecular complexity index is 449. The van der Waals surface area contributed by atoms with Gasteiger partial charge < -0.3 is 4.74 Å². The Hall–Kier alpha value is -1.49. The van der Waals surface area contributed by atoms with Crippen molar-refractivity contribution in [2.45, 2.75) is 45.4 Å². The van der Waals surface area contributed by atoms with Crippen LogP contribution in [0.5, 0.6) is 5.75 Å². The minimum atomic E-state index is -0.239. The Morgan fingerprint density at radius 3 is 2.42 bits per heavy atom. The lowest BCUT2D eigenvalue weighted by Gasteiger charge is -2.42. The van der Waals surface area contributed by atoms with Gasteiger partial charge in [-0.15, -0.1) is 0 Å². The van der Waals surface area contributed by atoms with E-state index in [4.69, 9.17) is 4.74 Å². The molecule has 1 saturated carbocycles. The molecule has 0 unspecified atom stereocenters. The minimum Gasteiger partial charge on any atom is -0.493 e. The maximum absolute atomic E-state index is 9.47. The molecule has 102 valence electrons. The van der Waals surface area contributed by atoms with Crippen molar-refractivity contribution >= 4 is 0 Å². The van der Waals surface area contributed by atoms with E-state index in [2.05, 4.69) is 39.0 Å². The number of nitrogens with zero attached hydrogens (tertiary/aromatic N) is 1. The van der Waals surface area contributed by atoms with E-state index in [1.54, 1.807) is 0 Å². The molecule has 0 bridgehead atoms. The summed E-state index contributed by atoms with van der Waals surface area (Å²) in [6, 6.07) is 10.6. The van der Waals surface area contributed by atoms with Gasteiger partial charge in [-0.3, -0.25) is 0 Å². The van der Waals surface area contributed by atoms with E-state index in [9.17, 15) is 5.26 Å². The summed E-state index contributed by atoms with van der Waals surface area (Å²) in [6.45, 7) is 7.21. The van der Waals surface area contributed by atoms with Gasteiger partial charge in [-0.2, -0.15) is 5.26 Å². The van der Waals surface area contributed by atoms with Gasteiger partial charge in [0.2, 0.25) is 0 Å². The highest BCUT2D eigenvalue weighted by molar-refractivity contribution is 5.39. The molecule has 0 amide bonds. The summed E-state index contributed by atoms with van der Waals surface area (Å²) in [4.78, 5) is 0. The Morgan fingerprint density at radius 2 is 1.95 bits per heavy atom. The molecule has 0 heterocycles. The molecule has 1 aliphatic rings. The average Bonchev–Trinajstić information content (AvgIpc) is 2.37. The number of hydrogen-bond acceptors (Lipinski definition) is 2. The number of benzene rings is 1. The number of hydrogen-bond donors (Lipinski definition) is 0. The third-order valence-corrected chi connectivity index (χ3v) is 4.06. The average molecular weight is 257 g/mol. The molecule has 2 nitrogen and oxygen atoms in total. The second-order valence-corrected chi connectivity index (χ2v) is 6.11. The van der Waals surface area contributed by atoms with Crippen molar-refractivity contribution in [3.63, 3.8) is 0 Å². The summed E-state index contributed by atoms with van der Waals surface area (Å²) in [5.74, 6) is 2.15. The van der Waals surface area contributed by atoms with Gasteiger partial charge in [0.1, 0.15) is 5.75 Å². The molecule has 2 rings (SSSR count). The van der Waals surface area contributed by atoms with Crippen molar-refractivity contribution in [2.24, 2.45) is 11.8 Å². The first-order valence-electron chi connectivity index (χ1n) is 7.24. The van der Waals surface area contributed by atoms with Crippen LogP contribution in [0.15, 0.2) is 24.3 Å². The van der Waals surface area contributed by atoms with Crippen LogP contribution in [0, 0.1) is 23.2 Å². The molecule has 1 fully saturated rings. The Labute approximate surface area is 116 Å². The smallest absolute Gasteiger partial charge is 0.119 e. The second-order valence-electron chi connectivity index (χ2n) is 6.11. The van der Waals surface area contributed by atoms with Crippen LogP contribution in [0.3, 0.4) is 0 Å². The van der Waals surface area contributed by atoms with Crippen LogP contribution in [0.1, 0.15) is 45.6 Å². The molecular weight excluding hydrogens is 234 g/mol. The summed E-state index contributed by atoms with van der Waals surface area (Å²) in [6.07, 6.45) is 3.19. The normalized spacial score (nSPS) is 25.7. The molecule has 1 aromatic rings. The lowest BCUT2D eigenvalue weighted by molar-refractivity contribution is 0.192. The zero-order valence-corrected chi connectivity index (χ0v) is 12.1. The fraction of sp³-hybridized carbons (Fsp3) is 0.588. The van der Waals surface area contributed by atoms with Crippen molar-refractivity contribution in [2.75, 3.05) is 6.61 Å². The lowest BCUT2D eigenvalue weighted by atomic mass is 9.59.